The average molecular weight is 309 g/mol. The third-order valence-electron chi connectivity index (χ3n) is 4.02. The lowest BCUT2D eigenvalue weighted by Crippen LogP contribution is -2.47. The Balaban J connectivity index is 1.76. The molecule has 1 aromatic heterocycles. The second-order valence-electron chi connectivity index (χ2n) is 5.50. The fourth-order valence-electron chi connectivity index (χ4n) is 2.87. The van der Waals surface area contributed by atoms with Crippen molar-refractivity contribution in [3.8, 4) is 0 Å². The first kappa shape index (κ1) is 15.2. The van der Waals surface area contributed by atoms with E-state index in [-0.39, 0.29) is 11.8 Å². The Morgan fingerprint density at radius 3 is 2.74 bits per heavy atom. The van der Waals surface area contributed by atoms with Gasteiger partial charge in [-0.15, -0.1) is 0 Å². The number of fused-ring (bicyclic) bond motifs is 1. The molecule has 1 aliphatic rings. The standard InChI is InChI=1S/C18H19N3O2/c1-2-17(22)21-15-9-4-3-7-13(15)11-16(21)18(23)20-12-14-8-5-6-10-19-14/h3-10,16H,2,11-12H2,1H3,(H,20,23)/t16-/m1/s1. The molecular weight excluding hydrogens is 290 g/mol. The number of para-hydroxylation sites is 1. The highest BCUT2D eigenvalue weighted by atomic mass is 16.2. The topological polar surface area (TPSA) is 62.3 Å². The molecular formula is C18H19N3O2. The normalized spacial score (nSPS) is 16.0. The van der Waals surface area contributed by atoms with Gasteiger partial charge in [0.1, 0.15) is 6.04 Å². The van der Waals surface area contributed by atoms with Gasteiger partial charge in [-0.05, 0) is 23.8 Å². The van der Waals surface area contributed by atoms with Gasteiger partial charge in [-0.1, -0.05) is 31.2 Å². The molecule has 2 heterocycles. The zero-order valence-corrected chi connectivity index (χ0v) is 13.0. The number of anilines is 1. The molecule has 2 aromatic rings. The summed E-state index contributed by atoms with van der Waals surface area (Å²) >= 11 is 0. The van der Waals surface area contributed by atoms with Crippen molar-refractivity contribution >= 4 is 17.5 Å². The van der Waals surface area contributed by atoms with Crippen molar-refractivity contribution in [2.75, 3.05) is 4.90 Å². The van der Waals surface area contributed by atoms with Gasteiger partial charge in [-0.25, -0.2) is 0 Å². The van der Waals surface area contributed by atoms with Gasteiger partial charge in [-0.2, -0.15) is 0 Å². The fourth-order valence-corrected chi connectivity index (χ4v) is 2.87. The van der Waals surface area contributed by atoms with Crippen LogP contribution >= 0.6 is 0 Å². The van der Waals surface area contributed by atoms with Crippen LogP contribution in [0.1, 0.15) is 24.6 Å². The molecule has 0 radical (unpaired) electrons. The van der Waals surface area contributed by atoms with Crippen LogP contribution in [0.2, 0.25) is 0 Å². The SMILES string of the molecule is CCC(=O)N1c2ccccc2C[C@@H]1C(=O)NCc1ccccn1. The number of hydrogen-bond donors (Lipinski definition) is 1. The Morgan fingerprint density at radius 1 is 1.22 bits per heavy atom. The molecule has 0 saturated carbocycles. The lowest BCUT2D eigenvalue weighted by atomic mass is 10.1. The Labute approximate surface area is 135 Å². The fraction of sp³-hybridized carbons (Fsp3) is 0.278. The van der Waals surface area contributed by atoms with Crippen molar-refractivity contribution in [1.29, 1.82) is 0 Å². The predicted octanol–water partition coefficient (Wildman–Crippen LogP) is 2.07. The van der Waals surface area contributed by atoms with Crippen molar-refractivity contribution in [2.24, 2.45) is 0 Å². The van der Waals surface area contributed by atoms with Crippen LogP contribution in [0.25, 0.3) is 0 Å². The van der Waals surface area contributed by atoms with Crippen LogP contribution in [-0.4, -0.2) is 22.8 Å². The maximum Gasteiger partial charge on any atom is 0.243 e. The largest absolute Gasteiger partial charge is 0.349 e. The van der Waals surface area contributed by atoms with Gasteiger partial charge in [0.25, 0.3) is 0 Å². The molecule has 1 atom stereocenters. The Bertz CT molecular complexity index is 715. The molecule has 0 saturated heterocycles. The van der Waals surface area contributed by atoms with Crippen LogP contribution in [0.3, 0.4) is 0 Å². The third kappa shape index (κ3) is 3.08. The minimum Gasteiger partial charge on any atom is -0.349 e. The Hall–Kier alpha value is -2.69. The van der Waals surface area contributed by atoms with Gasteiger partial charge in [-0.3, -0.25) is 19.5 Å². The summed E-state index contributed by atoms with van der Waals surface area (Å²) in [6.45, 7) is 2.17. The van der Waals surface area contributed by atoms with Crippen molar-refractivity contribution in [1.82, 2.24) is 10.3 Å². The van der Waals surface area contributed by atoms with E-state index in [1.807, 2.05) is 49.4 Å². The number of hydrogen-bond acceptors (Lipinski definition) is 3. The summed E-state index contributed by atoms with van der Waals surface area (Å²) in [4.78, 5) is 30.7. The number of nitrogens with one attached hydrogen (secondary N) is 1. The van der Waals surface area contributed by atoms with E-state index in [0.29, 0.717) is 19.4 Å². The molecule has 0 fully saturated rings. The molecule has 0 bridgehead atoms. The summed E-state index contributed by atoms with van der Waals surface area (Å²) in [7, 11) is 0. The van der Waals surface area contributed by atoms with Crippen molar-refractivity contribution in [2.45, 2.75) is 32.4 Å². The van der Waals surface area contributed by atoms with Crippen molar-refractivity contribution in [3.63, 3.8) is 0 Å². The zero-order valence-electron chi connectivity index (χ0n) is 13.0. The number of aromatic nitrogens is 1. The van der Waals surface area contributed by atoms with Crippen LogP contribution < -0.4 is 10.2 Å². The number of carbonyl (C=O) groups excluding carboxylic acids is 2. The van der Waals surface area contributed by atoms with Crippen LogP contribution in [0.15, 0.2) is 48.7 Å². The summed E-state index contributed by atoms with van der Waals surface area (Å²) in [5.41, 5.74) is 2.68. The summed E-state index contributed by atoms with van der Waals surface area (Å²) in [5.74, 6) is -0.179. The highest BCUT2D eigenvalue weighted by molar-refractivity contribution is 6.03. The third-order valence-corrected chi connectivity index (χ3v) is 4.02. The van der Waals surface area contributed by atoms with Crippen molar-refractivity contribution < 1.29 is 9.59 Å². The van der Waals surface area contributed by atoms with E-state index in [9.17, 15) is 9.59 Å². The number of amides is 2. The first-order valence-corrected chi connectivity index (χ1v) is 7.78. The molecule has 2 amide bonds. The second kappa shape index (κ2) is 6.60. The maximum atomic E-state index is 12.6. The predicted molar refractivity (Wildman–Crippen MR) is 87.8 cm³/mol. The summed E-state index contributed by atoms with van der Waals surface area (Å²) in [5, 5.41) is 2.89. The number of nitrogens with zero attached hydrogens (tertiary/aromatic N) is 2. The van der Waals surface area contributed by atoms with Crippen LogP contribution in [-0.2, 0) is 22.6 Å². The monoisotopic (exact) mass is 309 g/mol. The number of pyridine rings is 1. The lowest BCUT2D eigenvalue weighted by Gasteiger charge is -2.24. The quantitative estimate of drug-likeness (QED) is 0.940. The van der Waals surface area contributed by atoms with E-state index in [1.54, 1.807) is 11.1 Å². The van der Waals surface area contributed by atoms with E-state index >= 15 is 0 Å². The van der Waals surface area contributed by atoms with Gasteiger partial charge in [0.05, 0.1) is 12.2 Å². The second-order valence-corrected chi connectivity index (χ2v) is 5.50. The highest BCUT2D eigenvalue weighted by Crippen LogP contribution is 2.32. The van der Waals surface area contributed by atoms with Gasteiger partial charge in [0, 0.05) is 24.7 Å². The zero-order chi connectivity index (χ0) is 16.2. The van der Waals surface area contributed by atoms with Gasteiger partial charge < -0.3 is 5.32 Å². The molecule has 5 nitrogen and oxygen atoms in total. The molecule has 0 aliphatic carbocycles. The van der Waals surface area contributed by atoms with E-state index < -0.39 is 6.04 Å². The van der Waals surface area contributed by atoms with E-state index in [1.165, 1.54) is 0 Å². The minimum absolute atomic E-state index is 0.0343. The number of benzene rings is 1. The summed E-state index contributed by atoms with van der Waals surface area (Å²) < 4.78 is 0. The molecule has 5 heteroatoms. The summed E-state index contributed by atoms with van der Waals surface area (Å²) in [6, 6.07) is 12.8. The van der Waals surface area contributed by atoms with Crippen LogP contribution in [0.4, 0.5) is 5.69 Å². The molecule has 1 aromatic carbocycles. The number of carbonyl (C=O) groups is 2. The van der Waals surface area contributed by atoms with Gasteiger partial charge in [0.2, 0.25) is 11.8 Å². The molecule has 0 unspecified atom stereocenters. The number of rotatable bonds is 4. The van der Waals surface area contributed by atoms with Crippen LogP contribution in [0.5, 0.6) is 0 Å². The molecule has 3 rings (SSSR count). The van der Waals surface area contributed by atoms with Gasteiger partial charge >= 0.3 is 0 Å². The lowest BCUT2D eigenvalue weighted by molar-refractivity contribution is -0.126. The Morgan fingerprint density at radius 2 is 2.00 bits per heavy atom. The molecule has 0 spiro atoms. The molecule has 118 valence electrons. The molecule has 1 aliphatic heterocycles. The first-order chi connectivity index (χ1) is 11.2. The smallest absolute Gasteiger partial charge is 0.243 e. The molecule has 23 heavy (non-hydrogen) atoms. The van der Waals surface area contributed by atoms with E-state index in [4.69, 9.17) is 0 Å². The minimum atomic E-state index is -0.483. The van der Waals surface area contributed by atoms with Gasteiger partial charge in [0.15, 0.2) is 0 Å². The van der Waals surface area contributed by atoms with Crippen molar-refractivity contribution in [3.05, 3.63) is 59.9 Å². The van der Waals surface area contributed by atoms with E-state index in [2.05, 4.69) is 10.3 Å². The highest BCUT2D eigenvalue weighted by Gasteiger charge is 2.37. The van der Waals surface area contributed by atoms with E-state index in [0.717, 1.165) is 16.9 Å². The Kier molecular flexibility index (Phi) is 4.37. The molecule has 1 N–H and O–H groups in total. The first-order valence-electron chi connectivity index (χ1n) is 7.78. The maximum absolute atomic E-state index is 12.6. The summed E-state index contributed by atoms with van der Waals surface area (Å²) in [6.07, 6.45) is 2.62. The average Bonchev–Trinajstić information content (AvgIpc) is 2.99. The van der Waals surface area contributed by atoms with Crippen LogP contribution in [0, 0.1) is 0 Å².